The van der Waals surface area contributed by atoms with E-state index in [-0.39, 0.29) is 0 Å². The Morgan fingerprint density at radius 1 is 1.69 bits per heavy atom. The first-order valence-electron chi connectivity index (χ1n) is 5.82. The van der Waals surface area contributed by atoms with Gasteiger partial charge in [-0.3, -0.25) is 4.68 Å². The quantitative estimate of drug-likeness (QED) is 0.783. The van der Waals surface area contributed by atoms with Crippen molar-refractivity contribution in [1.29, 1.82) is 0 Å². The van der Waals surface area contributed by atoms with E-state index < -0.39 is 0 Å². The summed E-state index contributed by atoms with van der Waals surface area (Å²) < 4.78 is 7.50. The Morgan fingerprint density at radius 3 is 3.19 bits per heavy atom. The molecule has 0 aliphatic carbocycles. The molecule has 2 rings (SSSR count). The van der Waals surface area contributed by atoms with Gasteiger partial charge in [-0.25, -0.2) is 0 Å². The van der Waals surface area contributed by atoms with Crippen molar-refractivity contribution in [3.05, 3.63) is 11.8 Å². The number of anilines is 1. The van der Waals surface area contributed by atoms with Crippen LogP contribution < -0.4 is 10.6 Å². The molecule has 1 saturated heterocycles. The Labute approximate surface area is 96.2 Å². The number of aryl methyl sites for hydroxylation is 2. The van der Waals surface area contributed by atoms with E-state index >= 15 is 0 Å². The lowest BCUT2D eigenvalue weighted by Crippen LogP contribution is -2.39. The Morgan fingerprint density at radius 2 is 2.56 bits per heavy atom. The molecule has 5 nitrogen and oxygen atoms in total. The molecule has 1 atom stereocenters. The monoisotopic (exact) mass is 224 g/mol. The minimum Gasteiger partial charge on any atom is -0.376 e. The van der Waals surface area contributed by atoms with Crippen LogP contribution in [0.5, 0.6) is 0 Å². The fourth-order valence-corrected chi connectivity index (χ4v) is 1.94. The van der Waals surface area contributed by atoms with E-state index in [1.54, 1.807) is 0 Å². The zero-order chi connectivity index (χ0) is 11.4. The van der Waals surface area contributed by atoms with E-state index in [2.05, 4.69) is 21.8 Å². The van der Waals surface area contributed by atoms with Crippen LogP contribution in [-0.4, -0.2) is 42.1 Å². The average Bonchev–Trinajstić information content (AvgIpc) is 2.59. The maximum atomic E-state index is 5.63. The van der Waals surface area contributed by atoms with Gasteiger partial charge in [-0.05, 0) is 13.3 Å². The third-order valence-electron chi connectivity index (χ3n) is 2.78. The maximum absolute atomic E-state index is 5.63. The van der Waals surface area contributed by atoms with Gasteiger partial charge in [-0.15, -0.1) is 0 Å². The number of nitrogens with one attached hydrogen (secondary N) is 2. The molecule has 2 heterocycles. The molecular weight excluding hydrogens is 204 g/mol. The van der Waals surface area contributed by atoms with E-state index in [0.29, 0.717) is 6.10 Å². The predicted octanol–water partition coefficient (Wildman–Crippen LogP) is 0.519. The molecule has 1 unspecified atom stereocenters. The Kier molecular flexibility index (Phi) is 3.79. The molecule has 0 aromatic carbocycles. The smallest absolute Gasteiger partial charge is 0.124 e. The van der Waals surface area contributed by atoms with Crippen LogP contribution in [-0.2, 0) is 11.8 Å². The van der Waals surface area contributed by atoms with Gasteiger partial charge in [0.2, 0.25) is 0 Å². The van der Waals surface area contributed by atoms with Crippen molar-refractivity contribution in [3.8, 4) is 0 Å². The first-order valence-corrected chi connectivity index (χ1v) is 5.82. The van der Waals surface area contributed by atoms with Crippen molar-refractivity contribution < 1.29 is 4.74 Å². The van der Waals surface area contributed by atoms with Gasteiger partial charge in [0.15, 0.2) is 0 Å². The summed E-state index contributed by atoms with van der Waals surface area (Å²) in [5.74, 6) is 1.07. The minimum atomic E-state index is 0.343. The van der Waals surface area contributed by atoms with Crippen LogP contribution in [0.2, 0.25) is 0 Å². The van der Waals surface area contributed by atoms with Gasteiger partial charge in [-0.1, -0.05) is 0 Å². The lowest BCUT2D eigenvalue weighted by molar-refractivity contribution is 0.0258. The van der Waals surface area contributed by atoms with Gasteiger partial charge in [0.1, 0.15) is 5.82 Å². The van der Waals surface area contributed by atoms with Crippen molar-refractivity contribution in [2.24, 2.45) is 7.05 Å². The van der Waals surface area contributed by atoms with Crippen molar-refractivity contribution in [1.82, 2.24) is 15.1 Å². The molecule has 0 amide bonds. The first-order chi connectivity index (χ1) is 7.75. The van der Waals surface area contributed by atoms with Crippen LogP contribution in [0.3, 0.4) is 0 Å². The highest BCUT2D eigenvalue weighted by Gasteiger charge is 2.12. The van der Waals surface area contributed by atoms with Crippen LogP contribution in [0.25, 0.3) is 0 Å². The second kappa shape index (κ2) is 5.32. The van der Waals surface area contributed by atoms with Crippen molar-refractivity contribution >= 4 is 5.82 Å². The first kappa shape index (κ1) is 11.4. The average molecular weight is 224 g/mol. The van der Waals surface area contributed by atoms with E-state index in [1.165, 1.54) is 0 Å². The molecule has 1 aromatic heterocycles. The Bertz CT molecular complexity index is 331. The van der Waals surface area contributed by atoms with E-state index in [1.807, 2.05) is 18.7 Å². The normalized spacial score (nSPS) is 21.0. The summed E-state index contributed by atoms with van der Waals surface area (Å²) >= 11 is 0. The van der Waals surface area contributed by atoms with Crippen LogP contribution in [0.15, 0.2) is 6.07 Å². The largest absolute Gasteiger partial charge is 0.376 e. The standard InChI is InChI=1S/C11H20N4O/c1-9-7-11(15(2)14-9)13-4-3-10-8-12-5-6-16-10/h7,10,12-13H,3-6,8H2,1-2H3. The molecule has 0 radical (unpaired) electrons. The number of ether oxygens (including phenoxy) is 1. The number of rotatable bonds is 4. The van der Waals surface area contributed by atoms with Gasteiger partial charge >= 0.3 is 0 Å². The summed E-state index contributed by atoms with van der Waals surface area (Å²) in [6.07, 6.45) is 1.37. The van der Waals surface area contributed by atoms with Gasteiger partial charge in [0.05, 0.1) is 18.4 Å². The molecular formula is C11H20N4O. The third-order valence-corrected chi connectivity index (χ3v) is 2.78. The van der Waals surface area contributed by atoms with E-state index in [9.17, 15) is 0 Å². The predicted molar refractivity (Wildman–Crippen MR) is 63.7 cm³/mol. The summed E-state index contributed by atoms with van der Waals surface area (Å²) in [7, 11) is 1.95. The highest BCUT2D eigenvalue weighted by Crippen LogP contribution is 2.09. The second-order valence-electron chi connectivity index (χ2n) is 4.21. The molecule has 1 aliphatic heterocycles. The highest BCUT2D eigenvalue weighted by atomic mass is 16.5. The molecule has 1 aromatic rings. The molecule has 90 valence electrons. The van der Waals surface area contributed by atoms with E-state index in [4.69, 9.17) is 4.74 Å². The summed E-state index contributed by atoms with van der Waals surface area (Å²) in [4.78, 5) is 0. The van der Waals surface area contributed by atoms with Crippen molar-refractivity contribution in [2.45, 2.75) is 19.4 Å². The number of hydrogen-bond donors (Lipinski definition) is 2. The van der Waals surface area contributed by atoms with Crippen LogP contribution in [0, 0.1) is 6.92 Å². The summed E-state index contributed by atoms with van der Waals surface area (Å²) in [6.45, 7) is 5.69. The molecule has 2 N–H and O–H groups in total. The maximum Gasteiger partial charge on any atom is 0.124 e. The summed E-state index contributed by atoms with van der Waals surface area (Å²) in [5.41, 5.74) is 1.04. The second-order valence-corrected chi connectivity index (χ2v) is 4.21. The van der Waals surface area contributed by atoms with Gasteiger partial charge in [-0.2, -0.15) is 5.10 Å². The van der Waals surface area contributed by atoms with Crippen molar-refractivity contribution in [3.63, 3.8) is 0 Å². The zero-order valence-electron chi connectivity index (χ0n) is 9.99. The Hall–Kier alpha value is -1.07. The fourth-order valence-electron chi connectivity index (χ4n) is 1.94. The van der Waals surface area contributed by atoms with Gasteiger partial charge < -0.3 is 15.4 Å². The minimum absolute atomic E-state index is 0.343. The molecule has 1 fully saturated rings. The third kappa shape index (κ3) is 2.96. The van der Waals surface area contributed by atoms with Crippen LogP contribution in [0.4, 0.5) is 5.82 Å². The molecule has 0 bridgehead atoms. The molecule has 5 heteroatoms. The molecule has 0 saturated carbocycles. The molecule has 1 aliphatic rings. The lowest BCUT2D eigenvalue weighted by Gasteiger charge is -2.23. The van der Waals surface area contributed by atoms with Gasteiger partial charge in [0, 0.05) is 32.7 Å². The lowest BCUT2D eigenvalue weighted by atomic mass is 10.2. The topological polar surface area (TPSA) is 51.1 Å². The van der Waals surface area contributed by atoms with Crippen molar-refractivity contribution in [2.75, 3.05) is 31.6 Å². The number of hydrogen-bond acceptors (Lipinski definition) is 4. The summed E-state index contributed by atoms with van der Waals surface area (Å²) in [6, 6.07) is 2.06. The SMILES string of the molecule is Cc1cc(NCCC2CNCCO2)n(C)n1. The summed E-state index contributed by atoms with van der Waals surface area (Å²) in [5, 5.41) is 11.0. The Balaban J connectivity index is 1.73. The van der Waals surface area contributed by atoms with Crippen LogP contribution >= 0.6 is 0 Å². The zero-order valence-corrected chi connectivity index (χ0v) is 9.99. The molecule has 16 heavy (non-hydrogen) atoms. The van der Waals surface area contributed by atoms with Crippen LogP contribution in [0.1, 0.15) is 12.1 Å². The highest BCUT2D eigenvalue weighted by molar-refractivity contribution is 5.36. The number of aromatic nitrogens is 2. The number of nitrogens with zero attached hydrogens (tertiary/aromatic N) is 2. The van der Waals surface area contributed by atoms with Gasteiger partial charge in [0.25, 0.3) is 0 Å². The number of morpholine rings is 1. The molecule has 0 spiro atoms. The van der Waals surface area contributed by atoms with E-state index in [0.717, 1.165) is 44.2 Å². The fraction of sp³-hybridized carbons (Fsp3) is 0.727.